The SMILES string of the molecule is NC(CCCC(F)(F)F)C1CCOC1. The molecule has 2 atom stereocenters. The van der Waals surface area contributed by atoms with Gasteiger partial charge in [0, 0.05) is 19.1 Å². The van der Waals surface area contributed by atoms with Crippen LogP contribution in [0.4, 0.5) is 13.2 Å². The van der Waals surface area contributed by atoms with E-state index in [0.29, 0.717) is 19.6 Å². The molecule has 0 saturated carbocycles. The van der Waals surface area contributed by atoms with Gasteiger partial charge < -0.3 is 10.5 Å². The van der Waals surface area contributed by atoms with E-state index in [-0.39, 0.29) is 18.4 Å². The van der Waals surface area contributed by atoms with Crippen molar-refractivity contribution >= 4 is 0 Å². The Morgan fingerprint density at radius 2 is 2.14 bits per heavy atom. The van der Waals surface area contributed by atoms with E-state index in [2.05, 4.69) is 0 Å². The maximum absolute atomic E-state index is 11.8. The molecular formula is C9H16F3NO. The summed E-state index contributed by atoms with van der Waals surface area (Å²) in [4.78, 5) is 0. The standard InChI is InChI=1S/C9H16F3NO/c10-9(11,12)4-1-2-8(13)7-3-5-14-6-7/h7-8H,1-6,13H2. The van der Waals surface area contributed by atoms with Crippen LogP contribution in [0.1, 0.15) is 25.7 Å². The van der Waals surface area contributed by atoms with Crippen molar-refractivity contribution < 1.29 is 17.9 Å². The van der Waals surface area contributed by atoms with Crippen LogP contribution in [0.2, 0.25) is 0 Å². The molecule has 0 aromatic heterocycles. The zero-order valence-corrected chi connectivity index (χ0v) is 8.02. The average Bonchev–Trinajstić information content (AvgIpc) is 2.53. The lowest BCUT2D eigenvalue weighted by molar-refractivity contribution is -0.135. The van der Waals surface area contributed by atoms with Gasteiger partial charge in [-0.1, -0.05) is 0 Å². The summed E-state index contributed by atoms with van der Waals surface area (Å²) in [6.45, 7) is 1.30. The molecule has 1 saturated heterocycles. The molecule has 0 aromatic carbocycles. The highest BCUT2D eigenvalue weighted by atomic mass is 19.4. The van der Waals surface area contributed by atoms with E-state index in [4.69, 9.17) is 10.5 Å². The topological polar surface area (TPSA) is 35.2 Å². The zero-order valence-electron chi connectivity index (χ0n) is 8.02. The minimum absolute atomic E-state index is 0.126. The van der Waals surface area contributed by atoms with Crippen LogP contribution in [-0.4, -0.2) is 25.4 Å². The highest BCUT2D eigenvalue weighted by molar-refractivity contribution is 4.76. The molecular weight excluding hydrogens is 195 g/mol. The molecule has 14 heavy (non-hydrogen) atoms. The minimum atomic E-state index is -4.05. The Labute approximate surface area is 81.6 Å². The van der Waals surface area contributed by atoms with Crippen LogP contribution >= 0.6 is 0 Å². The molecule has 0 amide bonds. The number of ether oxygens (including phenoxy) is 1. The Kier molecular flexibility index (Phi) is 4.19. The van der Waals surface area contributed by atoms with E-state index in [0.717, 1.165) is 6.42 Å². The molecule has 5 heteroatoms. The molecule has 0 aliphatic carbocycles. The number of rotatable bonds is 4. The molecule has 1 aliphatic rings. The van der Waals surface area contributed by atoms with Gasteiger partial charge >= 0.3 is 6.18 Å². The fraction of sp³-hybridized carbons (Fsp3) is 1.00. The van der Waals surface area contributed by atoms with Crippen molar-refractivity contribution in [3.05, 3.63) is 0 Å². The molecule has 2 N–H and O–H groups in total. The van der Waals surface area contributed by atoms with Gasteiger partial charge in [0.25, 0.3) is 0 Å². The molecule has 0 aromatic rings. The summed E-state index contributed by atoms with van der Waals surface area (Å²) in [5.74, 6) is 0.253. The van der Waals surface area contributed by atoms with Crippen LogP contribution in [0.3, 0.4) is 0 Å². The predicted octanol–water partition coefficient (Wildman–Crippen LogP) is 2.08. The lowest BCUT2D eigenvalue weighted by Crippen LogP contribution is -2.30. The van der Waals surface area contributed by atoms with Crippen LogP contribution < -0.4 is 5.73 Å². The highest BCUT2D eigenvalue weighted by Gasteiger charge is 2.28. The normalized spacial score (nSPS) is 25.3. The first kappa shape index (κ1) is 11.8. The summed E-state index contributed by atoms with van der Waals surface area (Å²) in [6, 6.07) is -0.139. The first-order valence-electron chi connectivity index (χ1n) is 4.89. The van der Waals surface area contributed by atoms with Crippen LogP contribution in [0.5, 0.6) is 0 Å². The van der Waals surface area contributed by atoms with Gasteiger partial charge in [0.15, 0.2) is 0 Å². The van der Waals surface area contributed by atoms with Gasteiger partial charge in [-0.2, -0.15) is 13.2 Å². The molecule has 1 fully saturated rings. The number of hydrogen-bond donors (Lipinski definition) is 1. The summed E-state index contributed by atoms with van der Waals surface area (Å²) in [6.07, 6.45) is -3.33. The monoisotopic (exact) mass is 211 g/mol. The van der Waals surface area contributed by atoms with Crippen molar-refractivity contribution in [2.45, 2.75) is 37.9 Å². The Balaban J connectivity index is 2.11. The van der Waals surface area contributed by atoms with Gasteiger partial charge in [0.05, 0.1) is 6.61 Å². The van der Waals surface area contributed by atoms with E-state index < -0.39 is 12.6 Å². The van der Waals surface area contributed by atoms with Gasteiger partial charge in [-0.05, 0) is 25.2 Å². The summed E-state index contributed by atoms with van der Waals surface area (Å²) >= 11 is 0. The van der Waals surface area contributed by atoms with Gasteiger partial charge in [0.1, 0.15) is 0 Å². The fourth-order valence-electron chi connectivity index (χ4n) is 1.66. The van der Waals surface area contributed by atoms with E-state index in [1.54, 1.807) is 0 Å². The Hall–Kier alpha value is -0.290. The van der Waals surface area contributed by atoms with Crippen molar-refractivity contribution in [3.63, 3.8) is 0 Å². The third kappa shape index (κ3) is 4.28. The third-order valence-electron chi connectivity index (χ3n) is 2.57. The first-order valence-corrected chi connectivity index (χ1v) is 4.89. The van der Waals surface area contributed by atoms with Gasteiger partial charge in [0.2, 0.25) is 0 Å². The van der Waals surface area contributed by atoms with Gasteiger partial charge in [-0.15, -0.1) is 0 Å². The van der Waals surface area contributed by atoms with Crippen molar-refractivity contribution in [1.29, 1.82) is 0 Å². The predicted molar refractivity (Wildman–Crippen MR) is 46.8 cm³/mol. The molecule has 1 heterocycles. The number of nitrogens with two attached hydrogens (primary N) is 1. The maximum Gasteiger partial charge on any atom is 0.389 e. The lowest BCUT2D eigenvalue weighted by atomic mass is 9.95. The molecule has 1 rings (SSSR count). The summed E-state index contributed by atoms with van der Waals surface area (Å²) in [5.41, 5.74) is 5.76. The third-order valence-corrected chi connectivity index (χ3v) is 2.57. The summed E-state index contributed by atoms with van der Waals surface area (Å²) < 4.78 is 40.6. The van der Waals surface area contributed by atoms with E-state index in [1.165, 1.54) is 0 Å². The molecule has 0 radical (unpaired) electrons. The second-order valence-electron chi connectivity index (χ2n) is 3.79. The number of alkyl halides is 3. The second kappa shape index (κ2) is 4.98. The molecule has 2 unspecified atom stereocenters. The fourth-order valence-corrected chi connectivity index (χ4v) is 1.66. The number of hydrogen-bond acceptors (Lipinski definition) is 2. The van der Waals surface area contributed by atoms with E-state index in [1.807, 2.05) is 0 Å². The van der Waals surface area contributed by atoms with E-state index >= 15 is 0 Å². The Morgan fingerprint density at radius 3 is 2.64 bits per heavy atom. The highest BCUT2D eigenvalue weighted by Crippen LogP contribution is 2.24. The summed E-state index contributed by atoms with van der Waals surface area (Å²) in [5, 5.41) is 0. The van der Waals surface area contributed by atoms with E-state index in [9.17, 15) is 13.2 Å². The van der Waals surface area contributed by atoms with Crippen LogP contribution in [0.15, 0.2) is 0 Å². The minimum Gasteiger partial charge on any atom is -0.381 e. The largest absolute Gasteiger partial charge is 0.389 e. The number of halogens is 3. The lowest BCUT2D eigenvalue weighted by Gasteiger charge is -2.17. The maximum atomic E-state index is 11.8. The Morgan fingerprint density at radius 1 is 1.43 bits per heavy atom. The summed E-state index contributed by atoms with van der Waals surface area (Å²) in [7, 11) is 0. The van der Waals surface area contributed by atoms with Gasteiger partial charge in [-0.25, -0.2) is 0 Å². The molecule has 0 spiro atoms. The first-order chi connectivity index (χ1) is 6.49. The second-order valence-corrected chi connectivity index (χ2v) is 3.79. The quantitative estimate of drug-likeness (QED) is 0.772. The van der Waals surface area contributed by atoms with Crippen molar-refractivity contribution in [2.24, 2.45) is 11.7 Å². The van der Waals surface area contributed by atoms with Gasteiger partial charge in [-0.3, -0.25) is 0 Å². The average molecular weight is 211 g/mol. The molecule has 1 aliphatic heterocycles. The van der Waals surface area contributed by atoms with Crippen LogP contribution in [0, 0.1) is 5.92 Å². The van der Waals surface area contributed by atoms with Crippen molar-refractivity contribution in [3.8, 4) is 0 Å². The van der Waals surface area contributed by atoms with Crippen LogP contribution in [-0.2, 0) is 4.74 Å². The molecule has 2 nitrogen and oxygen atoms in total. The van der Waals surface area contributed by atoms with Crippen LogP contribution in [0.25, 0.3) is 0 Å². The zero-order chi connectivity index (χ0) is 10.6. The molecule has 0 bridgehead atoms. The molecule has 84 valence electrons. The van der Waals surface area contributed by atoms with Crippen molar-refractivity contribution in [1.82, 2.24) is 0 Å². The van der Waals surface area contributed by atoms with Crippen molar-refractivity contribution in [2.75, 3.05) is 13.2 Å². The smallest absolute Gasteiger partial charge is 0.381 e. The Bertz CT molecular complexity index is 166.